The topological polar surface area (TPSA) is 104 Å². The highest BCUT2D eigenvalue weighted by atomic mass is 16.6. The highest BCUT2D eigenvalue weighted by molar-refractivity contribution is 5.84. The van der Waals surface area contributed by atoms with Crippen LogP contribution in [0.15, 0.2) is 35.4 Å². The molecule has 0 atom stereocenters. The Bertz CT molecular complexity index is 729. The van der Waals surface area contributed by atoms with Gasteiger partial charge in [-0.25, -0.2) is 10.2 Å². The summed E-state index contributed by atoms with van der Waals surface area (Å²) < 4.78 is 20.6. The van der Waals surface area contributed by atoms with Crippen LogP contribution in [0.2, 0.25) is 0 Å². The molecule has 0 aliphatic carbocycles. The van der Waals surface area contributed by atoms with Crippen molar-refractivity contribution < 1.29 is 23.7 Å². The third-order valence-electron chi connectivity index (χ3n) is 2.83. The second-order valence-electron chi connectivity index (χ2n) is 4.47. The van der Waals surface area contributed by atoms with Crippen molar-refractivity contribution in [1.82, 2.24) is 15.4 Å². The number of amides is 1. The number of aromatic nitrogens is 2. The van der Waals surface area contributed by atoms with Crippen LogP contribution in [-0.4, -0.2) is 43.1 Å². The maximum atomic E-state index is 11.2. The summed E-state index contributed by atoms with van der Waals surface area (Å²) in [5, 5.41) is 3.81. The summed E-state index contributed by atoms with van der Waals surface area (Å²) in [6.07, 6.45) is 0.780. The van der Waals surface area contributed by atoms with E-state index < -0.39 is 6.09 Å². The summed E-state index contributed by atoms with van der Waals surface area (Å²) in [5.74, 6) is 1.04. The number of carbonyl (C=O) groups excluding carboxylic acids is 1. The van der Waals surface area contributed by atoms with E-state index >= 15 is 0 Å². The lowest BCUT2D eigenvalue weighted by molar-refractivity contribution is 0.152. The molecule has 9 nitrogen and oxygen atoms in total. The molecule has 0 saturated carbocycles. The Morgan fingerprint density at radius 3 is 2.52 bits per heavy atom. The van der Waals surface area contributed by atoms with Gasteiger partial charge in [-0.15, -0.1) is 0 Å². The van der Waals surface area contributed by atoms with Gasteiger partial charge in [-0.3, -0.25) is 0 Å². The van der Waals surface area contributed by atoms with Crippen molar-refractivity contribution in [2.24, 2.45) is 5.10 Å². The molecule has 0 bridgehead atoms. The Morgan fingerprint density at radius 1 is 1.20 bits per heavy atom. The largest absolute Gasteiger partial charge is 0.481 e. The maximum absolute atomic E-state index is 11.2. The van der Waals surface area contributed by atoms with Gasteiger partial charge >= 0.3 is 12.1 Å². The lowest BCUT2D eigenvalue weighted by Crippen LogP contribution is -2.18. The third kappa shape index (κ3) is 5.34. The van der Waals surface area contributed by atoms with Crippen molar-refractivity contribution in [3.8, 4) is 23.5 Å². The van der Waals surface area contributed by atoms with Crippen molar-refractivity contribution in [2.45, 2.75) is 6.92 Å². The number of hydrogen-bond acceptors (Lipinski definition) is 8. The zero-order valence-electron chi connectivity index (χ0n) is 14.1. The van der Waals surface area contributed by atoms with E-state index in [1.165, 1.54) is 26.5 Å². The number of rotatable bonds is 7. The summed E-state index contributed by atoms with van der Waals surface area (Å²) in [6.45, 7) is 1.96. The molecular weight excluding hydrogens is 328 g/mol. The highest BCUT2D eigenvalue weighted by Gasteiger charge is 2.10. The van der Waals surface area contributed by atoms with Crippen LogP contribution in [0.4, 0.5) is 4.79 Å². The first-order valence-corrected chi connectivity index (χ1v) is 7.36. The Balaban J connectivity index is 2.18. The van der Waals surface area contributed by atoms with E-state index in [1.54, 1.807) is 31.2 Å². The number of methoxy groups -OCH3 is 2. The van der Waals surface area contributed by atoms with Crippen LogP contribution in [0.25, 0.3) is 0 Å². The van der Waals surface area contributed by atoms with E-state index in [2.05, 4.69) is 20.5 Å². The third-order valence-corrected chi connectivity index (χ3v) is 2.83. The number of hydrazone groups is 1. The molecule has 0 aliphatic rings. The lowest BCUT2D eigenvalue weighted by Gasteiger charge is -2.09. The van der Waals surface area contributed by atoms with Gasteiger partial charge in [0.2, 0.25) is 11.8 Å². The number of nitrogens with one attached hydrogen (secondary N) is 1. The number of ether oxygens (including phenoxy) is 4. The van der Waals surface area contributed by atoms with Gasteiger partial charge in [0.15, 0.2) is 0 Å². The van der Waals surface area contributed by atoms with Crippen LogP contribution in [0.3, 0.4) is 0 Å². The predicted molar refractivity (Wildman–Crippen MR) is 89.4 cm³/mol. The fourth-order valence-electron chi connectivity index (χ4n) is 1.73. The smallest absolute Gasteiger partial charge is 0.427 e. The molecule has 2 rings (SSSR count). The van der Waals surface area contributed by atoms with Gasteiger partial charge in [-0.1, -0.05) is 12.1 Å². The van der Waals surface area contributed by atoms with E-state index in [9.17, 15) is 4.79 Å². The first kappa shape index (κ1) is 18.0. The van der Waals surface area contributed by atoms with Gasteiger partial charge < -0.3 is 18.9 Å². The number of benzene rings is 1. The molecule has 25 heavy (non-hydrogen) atoms. The summed E-state index contributed by atoms with van der Waals surface area (Å²) in [6, 6.07) is 8.62. The summed E-state index contributed by atoms with van der Waals surface area (Å²) in [4.78, 5) is 19.4. The van der Waals surface area contributed by atoms with Gasteiger partial charge in [-0.05, 0) is 19.1 Å². The zero-order chi connectivity index (χ0) is 18.1. The molecule has 0 radical (unpaired) electrons. The number of para-hydroxylation sites is 1. The molecule has 1 amide bonds. The van der Waals surface area contributed by atoms with E-state index in [-0.39, 0.29) is 12.6 Å². The minimum atomic E-state index is -0.641. The molecule has 132 valence electrons. The molecule has 1 heterocycles. The van der Waals surface area contributed by atoms with E-state index in [0.29, 0.717) is 23.1 Å². The predicted octanol–water partition coefficient (Wildman–Crippen LogP) is 2.37. The number of hydrogen-bond donors (Lipinski definition) is 1. The van der Waals surface area contributed by atoms with Crippen molar-refractivity contribution in [2.75, 3.05) is 20.8 Å². The van der Waals surface area contributed by atoms with Crippen LogP contribution in [-0.2, 0) is 4.74 Å². The lowest BCUT2D eigenvalue weighted by atomic mass is 10.2. The molecule has 2 aromatic rings. The van der Waals surface area contributed by atoms with Crippen LogP contribution in [0, 0.1) is 0 Å². The molecular formula is C16H18N4O5. The van der Waals surface area contributed by atoms with Crippen LogP contribution in [0.5, 0.6) is 23.5 Å². The van der Waals surface area contributed by atoms with Crippen molar-refractivity contribution >= 4 is 12.3 Å². The average Bonchev–Trinajstić information content (AvgIpc) is 2.63. The van der Waals surface area contributed by atoms with Gasteiger partial charge in [0, 0.05) is 5.56 Å². The van der Waals surface area contributed by atoms with Gasteiger partial charge in [0.05, 0.1) is 33.1 Å². The summed E-state index contributed by atoms with van der Waals surface area (Å²) in [7, 11) is 2.96. The van der Waals surface area contributed by atoms with Crippen LogP contribution in [0.1, 0.15) is 12.5 Å². The molecule has 0 saturated heterocycles. The molecule has 1 aromatic carbocycles. The Kier molecular flexibility index (Phi) is 6.52. The second kappa shape index (κ2) is 9.06. The minimum absolute atomic E-state index is 0.0513. The zero-order valence-corrected chi connectivity index (χ0v) is 14.1. The van der Waals surface area contributed by atoms with Crippen molar-refractivity contribution in [3.05, 3.63) is 35.9 Å². The SMILES string of the molecule is CCOC(=O)NN=Cc1ccccc1Oc1nc(OC)cc(OC)n1. The van der Waals surface area contributed by atoms with Crippen LogP contribution >= 0.6 is 0 Å². The average molecular weight is 346 g/mol. The molecule has 0 fully saturated rings. The second-order valence-corrected chi connectivity index (χ2v) is 4.47. The fraction of sp³-hybridized carbons (Fsp3) is 0.250. The molecule has 0 aliphatic heterocycles. The Hall–Kier alpha value is -3.36. The molecule has 0 spiro atoms. The van der Waals surface area contributed by atoms with E-state index in [1.807, 2.05) is 0 Å². The Morgan fingerprint density at radius 2 is 1.88 bits per heavy atom. The van der Waals surface area contributed by atoms with E-state index in [0.717, 1.165) is 0 Å². The van der Waals surface area contributed by atoms with Gasteiger partial charge in [0.25, 0.3) is 0 Å². The van der Waals surface area contributed by atoms with Gasteiger partial charge in [0.1, 0.15) is 5.75 Å². The summed E-state index contributed by atoms with van der Waals surface area (Å²) >= 11 is 0. The van der Waals surface area contributed by atoms with Gasteiger partial charge in [-0.2, -0.15) is 15.1 Å². The van der Waals surface area contributed by atoms with Crippen molar-refractivity contribution in [1.29, 1.82) is 0 Å². The minimum Gasteiger partial charge on any atom is -0.481 e. The monoisotopic (exact) mass is 346 g/mol. The Labute approximate surface area is 144 Å². The molecule has 9 heteroatoms. The number of carbonyl (C=O) groups is 1. The molecule has 1 aromatic heterocycles. The maximum Gasteiger partial charge on any atom is 0.427 e. The van der Waals surface area contributed by atoms with E-state index in [4.69, 9.17) is 18.9 Å². The van der Waals surface area contributed by atoms with Crippen LogP contribution < -0.4 is 19.6 Å². The molecule has 0 unspecified atom stereocenters. The number of nitrogens with zero attached hydrogens (tertiary/aromatic N) is 3. The van der Waals surface area contributed by atoms with Crippen molar-refractivity contribution in [3.63, 3.8) is 0 Å². The standard InChI is InChI=1S/C16H18N4O5/c1-4-24-16(21)20-17-10-11-7-5-6-8-12(11)25-15-18-13(22-2)9-14(19-15)23-3/h5-10H,4H2,1-3H3,(H,20,21). The highest BCUT2D eigenvalue weighted by Crippen LogP contribution is 2.25. The fourth-order valence-corrected chi connectivity index (χ4v) is 1.73. The molecule has 1 N–H and O–H groups in total. The summed E-state index contributed by atoms with van der Waals surface area (Å²) in [5.41, 5.74) is 2.84. The first-order chi connectivity index (χ1) is 12.2. The normalized spacial score (nSPS) is 10.4. The quantitative estimate of drug-likeness (QED) is 0.606. The first-order valence-electron chi connectivity index (χ1n) is 7.36.